The van der Waals surface area contributed by atoms with E-state index in [0.29, 0.717) is 12.2 Å². The minimum Gasteiger partial charge on any atom is -0.378 e. The molecule has 1 atom stereocenters. The lowest BCUT2D eigenvalue weighted by Gasteiger charge is -2.26. The Morgan fingerprint density at radius 2 is 2.12 bits per heavy atom. The average Bonchev–Trinajstić information content (AvgIpc) is 3.21. The molecule has 1 aromatic heterocycles. The lowest BCUT2D eigenvalue weighted by atomic mass is 10.1. The van der Waals surface area contributed by atoms with E-state index in [9.17, 15) is 9.90 Å². The van der Waals surface area contributed by atoms with Gasteiger partial charge in [-0.05, 0) is 50.5 Å². The highest BCUT2D eigenvalue weighted by Crippen LogP contribution is 2.38. The first-order valence-electron chi connectivity index (χ1n) is 8.76. The van der Waals surface area contributed by atoms with Crippen molar-refractivity contribution in [3.8, 4) is 0 Å². The number of fused-ring (bicyclic) bond motifs is 1. The summed E-state index contributed by atoms with van der Waals surface area (Å²) in [6.07, 6.45) is 3.23. The number of aromatic nitrogens is 1. The molecule has 1 saturated heterocycles. The summed E-state index contributed by atoms with van der Waals surface area (Å²) in [6.45, 7) is 5.30. The van der Waals surface area contributed by atoms with Crippen molar-refractivity contribution < 1.29 is 9.90 Å². The van der Waals surface area contributed by atoms with Crippen molar-refractivity contribution in [1.82, 2.24) is 9.88 Å². The second kappa shape index (κ2) is 6.17. The number of aromatic amines is 1. The molecule has 1 unspecified atom stereocenters. The second-order valence-corrected chi connectivity index (χ2v) is 6.93. The van der Waals surface area contributed by atoms with Gasteiger partial charge >= 0.3 is 0 Å². The quantitative estimate of drug-likeness (QED) is 0.847. The molecule has 2 N–H and O–H groups in total. The highest BCUT2D eigenvalue weighted by atomic mass is 16.3. The largest absolute Gasteiger partial charge is 0.378 e. The van der Waals surface area contributed by atoms with Crippen molar-refractivity contribution >= 4 is 23.2 Å². The van der Waals surface area contributed by atoms with E-state index >= 15 is 0 Å². The predicted molar refractivity (Wildman–Crippen MR) is 98.9 cm³/mol. The van der Waals surface area contributed by atoms with Crippen LogP contribution in [0.25, 0.3) is 11.6 Å². The zero-order valence-electron chi connectivity index (χ0n) is 14.6. The van der Waals surface area contributed by atoms with Gasteiger partial charge in [-0.25, -0.2) is 0 Å². The van der Waals surface area contributed by atoms with Gasteiger partial charge in [0.15, 0.2) is 0 Å². The van der Waals surface area contributed by atoms with E-state index in [1.807, 2.05) is 49.1 Å². The SMILES string of the molecule is Cc1cc(C)c(C=C2C(=O)N(CN3CCCC3O)c3ccccc32)[nH]1. The highest BCUT2D eigenvalue weighted by molar-refractivity contribution is 6.35. The molecular weight excluding hydrogens is 314 g/mol. The van der Waals surface area contributed by atoms with Crippen LogP contribution in [0.3, 0.4) is 0 Å². The molecule has 2 aliphatic rings. The normalized spacial score (nSPS) is 22.2. The highest BCUT2D eigenvalue weighted by Gasteiger charge is 2.35. The number of H-pyrrole nitrogens is 1. The Balaban J connectivity index is 1.72. The summed E-state index contributed by atoms with van der Waals surface area (Å²) in [7, 11) is 0. The maximum atomic E-state index is 13.1. The first kappa shape index (κ1) is 16.1. The van der Waals surface area contributed by atoms with Crippen molar-refractivity contribution in [2.45, 2.75) is 32.9 Å². The van der Waals surface area contributed by atoms with Gasteiger partial charge in [-0.2, -0.15) is 0 Å². The van der Waals surface area contributed by atoms with E-state index in [-0.39, 0.29) is 5.91 Å². The van der Waals surface area contributed by atoms with Crippen LogP contribution in [-0.4, -0.2) is 40.3 Å². The fraction of sp³-hybridized carbons (Fsp3) is 0.350. The maximum Gasteiger partial charge on any atom is 0.260 e. The number of aliphatic hydroxyl groups is 1. The Morgan fingerprint density at radius 3 is 2.80 bits per heavy atom. The first-order valence-corrected chi connectivity index (χ1v) is 8.76. The van der Waals surface area contributed by atoms with Crippen LogP contribution in [0.1, 0.15) is 35.4 Å². The predicted octanol–water partition coefficient (Wildman–Crippen LogP) is 2.89. The molecule has 25 heavy (non-hydrogen) atoms. The van der Waals surface area contributed by atoms with Gasteiger partial charge in [-0.15, -0.1) is 0 Å². The van der Waals surface area contributed by atoms with Crippen LogP contribution in [0.2, 0.25) is 0 Å². The number of nitrogens with one attached hydrogen (secondary N) is 1. The summed E-state index contributed by atoms with van der Waals surface area (Å²) in [5, 5.41) is 10.1. The van der Waals surface area contributed by atoms with Crippen molar-refractivity contribution in [3.05, 3.63) is 52.8 Å². The van der Waals surface area contributed by atoms with Gasteiger partial charge < -0.3 is 10.1 Å². The van der Waals surface area contributed by atoms with E-state index in [4.69, 9.17) is 0 Å². The molecular formula is C20H23N3O2. The molecule has 1 aromatic carbocycles. The third-order valence-corrected chi connectivity index (χ3v) is 5.09. The molecule has 1 amide bonds. The van der Waals surface area contributed by atoms with Gasteiger partial charge in [0.2, 0.25) is 0 Å². The van der Waals surface area contributed by atoms with Crippen molar-refractivity contribution in [3.63, 3.8) is 0 Å². The average molecular weight is 337 g/mol. The minimum absolute atomic E-state index is 0.00745. The van der Waals surface area contributed by atoms with E-state index in [2.05, 4.69) is 11.1 Å². The van der Waals surface area contributed by atoms with Gasteiger partial charge in [0.1, 0.15) is 6.23 Å². The van der Waals surface area contributed by atoms with Gasteiger partial charge in [0.25, 0.3) is 5.91 Å². The van der Waals surface area contributed by atoms with Crippen molar-refractivity contribution in [1.29, 1.82) is 0 Å². The fourth-order valence-electron chi connectivity index (χ4n) is 3.79. The number of aryl methyl sites for hydroxylation is 2. The van der Waals surface area contributed by atoms with Gasteiger partial charge in [-0.1, -0.05) is 18.2 Å². The summed E-state index contributed by atoms with van der Waals surface area (Å²) in [6, 6.07) is 9.96. The zero-order chi connectivity index (χ0) is 17.6. The standard InChI is InChI=1S/C20H23N3O2/c1-13-10-14(2)21-17(13)11-16-15-6-3-4-7-18(15)23(20(16)25)12-22-9-5-8-19(22)24/h3-4,6-7,10-11,19,21,24H,5,8-9,12H2,1-2H3. The van der Waals surface area contributed by atoms with Crippen LogP contribution in [0.15, 0.2) is 30.3 Å². The third kappa shape index (κ3) is 2.79. The molecule has 0 radical (unpaired) electrons. The number of likely N-dealkylation sites (tertiary alicyclic amines) is 1. The molecule has 3 heterocycles. The van der Waals surface area contributed by atoms with Crippen LogP contribution in [0.5, 0.6) is 0 Å². The molecule has 0 aliphatic carbocycles. The molecule has 0 bridgehead atoms. The van der Waals surface area contributed by atoms with Crippen LogP contribution in [-0.2, 0) is 4.79 Å². The monoisotopic (exact) mass is 337 g/mol. The summed E-state index contributed by atoms with van der Waals surface area (Å²) in [5.41, 5.74) is 5.75. The lowest BCUT2D eigenvalue weighted by molar-refractivity contribution is -0.113. The zero-order valence-corrected chi connectivity index (χ0v) is 14.6. The van der Waals surface area contributed by atoms with Crippen molar-refractivity contribution in [2.24, 2.45) is 0 Å². The summed E-state index contributed by atoms with van der Waals surface area (Å²) >= 11 is 0. The molecule has 4 rings (SSSR count). The summed E-state index contributed by atoms with van der Waals surface area (Å²) in [4.78, 5) is 20.2. The molecule has 2 aliphatic heterocycles. The number of hydrogen-bond acceptors (Lipinski definition) is 3. The lowest BCUT2D eigenvalue weighted by Crippen LogP contribution is -2.42. The maximum absolute atomic E-state index is 13.1. The Bertz CT molecular complexity index is 852. The minimum atomic E-state index is -0.457. The number of aliphatic hydroxyl groups excluding tert-OH is 1. The summed E-state index contributed by atoms with van der Waals surface area (Å²) < 4.78 is 0. The van der Waals surface area contributed by atoms with E-state index in [1.54, 1.807) is 4.90 Å². The molecule has 0 saturated carbocycles. The number of anilines is 1. The number of hydrogen-bond donors (Lipinski definition) is 2. The molecule has 2 aromatic rings. The van der Waals surface area contributed by atoms with Crippen LogP contribution < -0.4 is 4.90 Å². The van der Waals surface area contributed by atoms with Crippen LogP contribution in [0, 0.1) is 13.8 Å². The second-order valence-electron chi connectivity index (χ2n) is 6.93. The first-order chi connectivity index (χ1) is 12.0. The molecule has 0 spiro atoms. The van der Waals surface area contributed by atoms with E-state index in [0.717, 1.165) is 47.6 Å². The fourth-order valence-corrected chi connectivity index (χ4v) is 3.79. The Hall–Kier alpha value is -2.37. The third-order valence-electron chi connectivity index (χ3n) is 5.09. The number of carbonyl (C=O) groups excluding carboxylic acids is 1. The van der Waals surface area contributed by atoms with E-state index in [1.165, 1.54) is 0 Å². The Morgan fingerprint density at radius 1 is 1.32 bits per heavy atom. The van der Waals surface area contributed by atoms with Gasteiger partial charge in [-0.3, -0.25) is 14.6 Å². The number of para-hydroxylation sites is 1. The van der Waals surface area contributed by atoms with Crippen LogP contribution >= 0.6 is 0 Å². The molecule has 1 fully saturated rings. The number of carbonyl (C=O) groups is 1. The Kier molecular flexibility index (Phi) is 3.98. The number of rotatable bonds is 3. The van der Waals surface area contributed by atoms with Crippen LogP contribution in [0.4, 0.5) is 5.69 Å². The van der Waals surface area contributed by atoms with Gasteiger partial charge in [0, 0.05) is 23.5 Å². The number of amides is 1. The molecule has 5 nitrogen and oxygen atoms in total. The number of benzene rings is 1. The topological polar surface area (TPSA) is 59.6 Å². The Labute approximate surface area is 147 Å². The van der Waals surface area contributed by atoms with E-state index < -0.39 is 6.23 Å². The number of nitrogens with zero attached hydrogens (tertiary/aromatic N) is 2. The van der Waals surface area contributed by atoms with Gasteiger partial charge in [0.05, 0.1) is 17.9 Å². The molecule has 130 valence electrons. The smallest absolute Gasteiger partial charge is 0.260 e. The summed E-state index contributed by atoms with van der Waals surface area (Å²) in [5.74, 6) is -0.00745. The molecule has 5 heteroatoms. The van der Waals surface area contributed by atoms with Crippen molar-refractivity contribution in [2.75, 3.05) is 18.1 Å².